The van der Waals surface area contributed by atoms with Gasteiger partial charge in [-0.05, 0) is 24.6 Å². The largest absolute Gasteiger partial charge is 0.416 e. The molecule has 8 heteroatoms. The lowest BCUT2D eigenvalue weighted by atomic mass is 10.1. The van der Waals surface area contributed by atoms with E-state index in [1.807, 2.05) is 6.92 Å². The number of anilines is 1. The zero-order valence-corrected chi connectivity index (χ0v) is 12.1. The summed E-state index contributed by atoms with van der Waals surface area (Å²) in [5, 5.41) is 4.96. The van der Waals surface area contributed by atoms with Crippen molar-refractivity contribution < 1.29 is 18.0 Å². The van der Waals surface area contributed by atoms with E-state index in [0.717, 1.165) is 12.1 Å². The quantitative estimate of drug-likeness (QED) is 0.730. The molecule has 0 saturated carbocycles. The Labute approximate surface area is 125 Å². The minimum Gasteiger partial charge on any atom is -0.393 e. The Balaban J connectivity index is 2.68. The van der Waals surface area contributed by atoms with Crippen LogP contribution in [-0.2, 0) is 6.18 Å². The van der Waals surface area contributed by atoms with Crippen LogP contribution in [0.15, 0.2) is 24.3 Å². The molecule has 0 aliphatic heterocycles. The Morgan fingerprint density at radius 3 is 2.62 bits per heavy atom. The molecule has 1 aromatic rings. The highest BCUT2D eigenvalue weighted by Crippen LogP contribution is 2.30. The molecule has 2 amide bonds. The predicted molar refractivity (Wildman–Crippen MR) is 79.1 cm³/mol. The van der Waals surface area contributed by atoms with Crippen LogP contribution in [-0.4, -0.2) is 17.1 Å². The first-order chi connectivity index (χ1) is 9.72. The molecule has 116 valence electrons. The summed E-state index contributed by atoms with van der Waals surface area (Å²) in [4.78, 5) is 12.0. The van der Waals surface area contributed by atoms with E-state index in [4.69, 9.17) is 18.0 Å². The minimum atomic E-state index is -4.45. The van der Waals surface area contributed by atoms with Crippen molar-refractivity contribution >= 4 is 28.9 Å². The monoisotopic (exact) mass is 319 g/mol. The molecule has 21 heavy (non-hydrogen) atoms. The van der Waals surface area contributed by atoms with Gasteiger partial charge in [-0.1, -0.05) is 25.2 Å². The Morgan fingerprint density at radius 1 is 1.43 bits per heavy atom. The number of nitrogens with one attached hydrogen (secondary N) is 2. The summed E-state index contributed by atoms with van der Waals surface area (Å²) in [5.74, 6) is 0. The van der Waals surface area contributed by atoms with Crippen LogP contribution in [0.25, 0.3) is 0 Å². The molecular weight excluding hydrogens is 303 g/mol. The van der Waals surface area contributed by atoms with Gasteiger partial charge >= 0.3 is 12.2 Å². The Hall–Kier alpha value is -1.83. The summed E-state index contributed by atoms with van der Waals surface area (Å²) >= 11 is 4.76. The Morgan fingerprint density at radius 2 is 2.10 bits per heavy atom. The maximum Gasteiger partial charge on any atom is 0.416 e. The summed E-state index contributed by atoms with van der Waals surface area (Å²) in [6.07, 6.45) is -3.51. The van der Waals surface area contributed by atoms with Gasteiger partial charge in [-0.2, -0.15) is 13.2 Å². The van der Waals surface area contributed by atoms with Crippen LogP contribution in [0.3, 0.4) is 0 Å². The molecule has 0 aromatic heterocycles. The molecular formula is C13H16F3N3OS. The van der Waals surface area contributed by atoms with Crippen LogP contribution in [0.2, 0.25) is 0 Å². The second kappa shape index (κ2) is 7.26. The third kappa shape index (κ3) is 5.99. The topological polar surface area (TPSA) is 67.1 Å². The van der Waals surface area contributed by atoms with Gasteiger partial charge in [0.25, 0.3) is 0 Å². The smallest absolute Gasteiger partial charge is 0.393 e. The van der Waals surface area contributed by atoms with E-state index in [-0.39, 0.29) is 16.7 Å². The standard InChI is InChI=1S/C13H16F3N3OS/c1-2-9(7-11(17)21)18-12(20)19-10-5-3-4-8(6-10)13(14,15)16/h3-6,9H,2,7H2,1H3,(H2,17,21)(H2,18,19,20). The zero-order chi connectivity index (χ0) is 16.0. The minimum absolute atomic E-state index is 0.0625. The number of thiocarbonyl (C=S) groups is 1. The number of hydrogen-bond acceptors (Lipinski definition) is 2. The van der Waals surface area contributed by atoms with Gasteiger partial charge in [-0.15, -0.1) is 0 Å². The van der Waals surface area contributed by atoms with E-state index < -0.39 is 17.8 Å². The predicted octanol–water partition coefficient (Wildman–Crippen LogP) is 3.28. The van der Waals surface area contributed by atoms with E-state index in [0.29, 0.717) is 12.8 Å². The molecule has 1 atom stereocenters. The molecule has 4 N–H and O–H groups in total. The Kier molecular flexibility index (Phi) is 5.95. The van der Waals surface area contributed by atoms with Gasteiger partial charge in [0, 0.05) is 18.2 Å². The number of urea groups is 1. The van der Waals surface area contributed by atoms with Crippen molar-refractivity contribution in [3.05, 3.63) is 29.8 Å². The van der Waals surface area contributed by atoms with Gasteiger partial charge in [-0.25, -0.2) is 4.79 Å². The molecule has 1 unspecified atom stereocenters. The first-order valence-electron chi connectivity index (χ1n) is 6.25. The van der Waals surface area contributed by atoms with Crippen LogP contribution < -0.4 is 16.4 Å². The van der Waals surface area contributed by atoms with Crippen molar-refractivity contribution in [3.8, 4) is 0 Å². The third-order valence-electron chi connectivity index (χ3n) is 2.72. The van der Waals surface area contributed by atoms with E-state index in [2.05, 4.69) is 10.6 Å². The van der Waals surface area contributed by atoms with Gasteiger partial charge in [0.2, 0.25) is 0 Å². The lowest BCUT2D eigenvalue weighted by Gasteiger charge is -2.17. The maximum absolute atomic E-state index is 12.6. The van der Waals surface area contributed by atoms with Gasteiger partial charge in [-0.3, -0.25) is 0 Å². The number of nitrogens with two attached hydrogens (primary N) is 1. The molecule has 0 fully saturated rings. The molecule has 0 spiro atoms. The number of halogens is 3. The molecule has 0 saturated heterocycles. The van der Waals surface area contributed by atoms with E-state index in [1.54, 1.807) is 0 Å². The average Bonchev–Trinajstić information content (AvgIpc) is 2.36. The van der Waals surface area contributed by atoms with Gasteiger partial charge in [0.1, 0.15) is 0 Å². The van der Waals surface area contributed by atoms with Crippen LogP contribution >= 0.6 is 12.2 Å². The van der Waals surface area contributed by atoms with Crippen LogP contribution in [0, 0.1) is 0 Å². The number of carbonyl (C=O) groups excluding carboxylic acids is 1. The number of hydrogen-bond donors (Lipinski definition) is 3. The number of benzene rings is 1. The van der Waals surface area contributed by atoms with Crippen molar-refractivity contribution in [2.45, 2.75) is 32.0 Å². The van der Waals surface area contributed by atoms with Crippen molar-refractivity contribution in [2.75, 3.05) is 5.32 Å². The van der Waals surface area contributed by atoms with Crippen LogP contribution in [0.4, 0.5) is 23.7 Å². The average molecular weight is 319 g/mol. The number of rotatable bonds is 5. The summed E-state index contributed by atoms with van der Waals surface area (Å²) in [6.45, 7) is 1.84. The van der Waals surface area contributed by atoms with Crippen molar-refractivity contribution in [1.29, 1.82) is 0 Å². The SMILES string of the molecule is CCC(CC(N)=S)NC(=O)Nc1cccc(C(F)(F)F)c1. The first-order valence-corrected chi connectivity index (χ1v) is 6.66. The van der Waals surface area contributed by atoms with E-state index >= 15 is 0 Å². The molecule has 0 radical (unpaired) electrons. The van der Waals surface area contributed by atoms with Gasteiger partial charge in [0.15, 0.2) is 0 Å². The maximum atomic E-state index is 12.6. The van der Waals surface area contributed by atoms with Crippen molar-refractivity contribution in [3.63, 3.8) is 0 Å². The Bertz CT molecular complexity index is 520. The van der Waals surface area contributed by atoms with Crippen molar-refractivity contribution in [1.82, 2.24) is 5.32 Å². The molecule has 1 aromatic carbocycles. The molecule has 4 nitrogen and oxygen atoms in total. The first kappa shape index (κ1) is 17.2. The highest BCUT2D eigenvalue weighted by molar-refractivity contribution is 7.80. The van der Waals surface area contributed by atoms with Gasteiger partial charge in [0.05, 0.1) is 10.6 Å². The number of carbonyl (C=O) groups is 1. The molecule has 0 aliphatic carbocycles. The fourth-order valence-corrected chi connectivity index (χ4v) is 1.87. The van der Waals surface area contributed by atoms with Crippen LogP contribution in [0.1, 0.15) is 25.3 Å². The third-order valence-corrected chi connectivity index (χ3v) is 2.89. The summed E-state index contributed by atoms with van der Waals surface area (Å²) in [6, 6.07) is 3.55. The number of alkyl halides is 3. The van der Waals surface area contributed by atoms with Crippen molar-refractivity contribution in [2.24, 2.45) is 5.73 Å². The fraction of sp³-hybridized carbons (Fsp3) is 0.385. The second-order valence-corrected chi connectivity index (χ2v) is 4.98. The summed E-state index contributed by atoms with van der Waals surface area (Å²) < 4.78 is 37.7. The number of amides is 2. The normalized spacial score (nSPS) is 12.6. The fourth-order valence-electron chi connectivity index (χ4n) is 1.67. The highest BCUT2D eigenvalue weighted by Gasteiger charge is 2.30. The van der Waals surface area contributed by atoms with Crippen LogP contribution in [0.5, 0.6) is 0 Å². The van der Waals surface area contributed by atoms with Gasteiger partial charge < -0.3 is 16.4 Å². The summed E-state index contributed by atoms with van der Waals surface area (Å²) in [7, 11) is 0. The molecule has 1 rings (SSSR count). The molecule has 0 aliphatic rings. The molecule has 0 heterocycles. The van der Waals surface area contributed by atoms with E-state index in [1.165, 1.54) is 12.1 Å². The van der Waals surface area contributed by atoms with E-state index in [9.17, 15) is 18.0 Å². The highest BCUT2D eigenvalue weighted by atomic mass is 32.1. The zero-order valence-electron chi connectivity index (χ0n) is 11.3. The lowest BCUT2D eigenvalue weighted by Crippen LogP contribution is -2.39. The molecule has 0 bridgehead atoms. The second-order valence-electron chi connectivity index (χ2n) is 4.45. The lowest BCUT2D eigenvalue weighted by molar-refractivity contribution is -0.137. The summed E-state index contributed by atoms with van der Waals surface area (Å²) in [5.41, 5.74) is 4.64.